The van der Waals surface area contributed by atoms with Crippen LogP contribution in [0.5, 0.6) is 0 Å². The molecule has 1 amide bonds. The second-order valence-corrected chi connectivity index (χ2v) is 6.43. The van der Waals surface area contributed by atoms with E-state index in [1.807, 2.05) is 12.1 Å². The number of nitriles is 1. The standard InChI is InChI=1S/C20H23N5O/c1-24-10-12-25(13-11-24)19-8-6-17(7-9-19)22-15-20(26)23-18-4-2-16(14-21)3-5-18/h2-9,22H,10-13,15H2,1H3,(H,23,26). The molecular formula is C20H23N5O. The quantitative estimate of drug-likeness (QED) is 0.867. The average Bonchev–Trinajstić information content (AvgIpc) is 2.68. The van der Waals surface area contributed by atoms with Gasteiger partial charge in [0, 0.05) is 43.2 Å². The second kappa shape index (κ2) is 8.37. The van der Waals surface area contributed by atoms with E-state index in [2.05, 4.69) is 45.7 Å². The number of anilines is 3. The van der Waals surface area contributed by atoms with Crippen molar-refractivity contribution < 1.29 is 4.79 Å². The van der Waals surface area contributed by atoms with E-state index in [4.69, 9.17) is 5.26 Å². The molecule has 134 valence electrons. The molecule has 6 heteroatoms. The Morgan fingerprint density at radius 1 is 1.00 bits per heavy atom. The van der Waals surface area contributed by atoms with Crippen LogP contribution < -0.4 is 15.5 Å². The molecule has 6 nitrogen and oxygen atoms in total. The molecule has 1 saturated heterocycles. The third-order valence-corrected chi connectivity index (χ3v) is 4.49. The molecule has 1 fully saturated rings. The molecule has 26 heavy (non-hydrogen) atoms. The van der Waals surface area contributed by atoms with Crippen molar-refractivity contribution >= 4 is 23.0 Å². The van der Waals surface area contributed by atoms with E-state index >= 15 is 0 Å². The van der Waals surface area contributed by atoms with E-state index in [1.165, 1.54) is 5.69 Å². The topological polar surface area (TPSA) is 71.4 Å². The third kappa shape index (κ3) is 4.74. The molecule has 0 bridgehead atoms. The molecule has 0 radical (unpaired) electrons. The van der Waals surface area contributed by atoms with Gasteiger partial charge in [-0.15, -0.1) is 0 Å². The van der Waals surface area contributed by atoms with E-state index in [9.17, 15) is 4.79 Å². The van der Waals surface area contributed by atoms with Gasteiger partial charge in [-0.3, -0.25) is 4.79 Å². The fourth-order valence-electron chi connectivity index (χ4n) is 2.87. The van der Waals surface area contributed by atoms with Crippen molar-refractivity contribution in [3.05, 3.63) is 54.1 Å². The summed E-state index contributed by atoms with van der Waals surface area (Å²) in [4.78, 5) is 16.7. The van der Waals surface area contributed by atoms with Crippen molar-refractivity contribution in [3.63, 3.8) is 0 Å². The van der Waals surface area contributed by atoms with Crippen molar-refractivity contribution in [3.8, 4) is 6.07 Å². The summed E-state index contributed by atoms with van der Waals surface area (Å²) in [6.07, 6.45) is 0. The maximum absolute atomic E-state index is 12.0. The molecule has 1 aliphatic heterocycles. The van der Waals surface area contributed by atoms with Crippen LogP contribution in [0.1, 0.15) is 5.56 Å². The second-order valence-electron chi connectivity index (χ2n) is 6.43. The first-order valence-electron chi connectivity index (χ1n) is 8.71. The number of carbonyl (C=O) groups is 1. The number of nitrogens with zero attached hydrogens (tertiary/aromatic N) is 3. The molecule has 2 aromatic rings. The number of hydrogen-bond acceptors (Lipinski definition) is 5. The molecule has 0 spiro atoms. The Morgan fingerprint density at radius 3 is 2.23 bits per heavy atom. The SMILES string of the molecule is CN1CCN(c2ccc(NCC(=O)Nc3ccc(C#N)cc3)cc2)CC1. The summed E-state index contributed by atoms with van der Waals surface area (Å²) < 4.78 is 0. The van der Waals surface area contributed by atoms with Gasteiger partial charge in [-0.2, -0.15) is 5.26 Å². The molecule has 0 aliphatic carbocycles. The summed E-state index contributed by atoms with van der Waals surface area (Å²) in [6, 6.07) is 17.0. The zero-order valence-corrected chi connectivity index (χ0v) is 14.9. The van der Waals surface area contributed by atoms with Crippen molar-refractivity contribution in [2.45, 2.75) is 0 Å². The van der Waals surface area contributed by atoms with Gasteiger partial charge in [-0.05, 0) is 55.6 Å². The lowest BCUT2D eigenvalue weighted by molar-refractivity contribution is -0.114. The largest absolute Gasteiger partial charge is 0.376 e. The monoisotopic (exact) mass is 349 g/mol. The lowest BCUT2D eigenvalue weighted by Gasteiger charge is -2.34. The Hall–Kier alpha value is -3.04. The highest BCUT2D eigenvalue weighted by Crippen LogP contribution is 2.19. The number of amides is 1. The Labute approximate surface area is 154 Å². The van der Waals surface area contributed by atoms with Crippen molar-refractivity contribution in [2.24, 2.45) is 0 Å². The lowest BCUT2D eigenvalue weighted by Crippen LogP contribution is -2.44. The fourth-order valence-corrected chi connectivity index (χ4v) is 2.87. The summed E-state index contributed by atoms with van der Waals surface area (Å²) in [5, 5.41) is 14.7. The highest BCUT2D eigenvalue weighted by atomic mass is 16.1. The average molecular weight is 349 g/mol. The lowest BCUT2D eigenvalue weighted by atomic mass is 10.2. The van der Waals surface area contributed by atoms with Crippen LogP contribution in [0.3, 0.4) is 0 Å². The van der Waals surface area contributed by atoms with Crippen LogP contribution in [0.15, 0.2) is 48.5 Å². The molecule has 0 saturated carbocycles. The zero-order valence-electron chi connectivity index (χ0n) is 14.9. The van der Waals surface area contributed by atoms with Crippen molar-refractivity contribution in [1.29, 1.82) is 5.26 Å². The van der Waals surface area contributed by atoms with Gasteiger partial charge in [0.2, 0.25) is 5.91 Å². The fraction of sp³-hybridized carbons (Fsp3) is 0.300. The smallest absolute Gasteiger partial charge is 0.243 e. The number of nitrogens with one attached hydrogen (secondary N) is 2. The van der Waals surface area contributed by atoms with Crippen LogP contribution in [0, 0.1) is 11.3 Å². The minimum Gasteiger partial charge on any atom is -0.376 e. The molecule has 0 unspecified atom stereocenters. The van der Waals surface area contributed by atoms with E-state index < -0.39 is 0 Å². The normalized spacial score (nSPS) is 14.5. The molecule has 0 aromatic heterocycles. The van der Waals surface area contributed by atoms with Crippen LogP contribution in [-0.4, -0.2) is 50.6 Å². The Bertz CT molecular complexity index is 771. The van der Waals surface area contributed by atoms with Crippen LogP contribution in [0.25, 0.3) is 0 Å². The maximum Gasteiger partial charge on any atom is 0.243 e. The summed E-state index contributed by atoms with van der Waals surface area (Å²) in [5.74, 6) is -0.127. The highest BCUT2D eigenvalue weighted by Gasteiger charge is 2.13. The van der Waals surface area contributed by atoms with Crippen LogP contribution in [-0.2, 0) is 4.79 Å². The number of likely N-dealkylation sites (N-methyl/N-ethyl adjacent to an activating group) is 1. The van der Waals surface area contributed by atoms with Gasteiger partial charge in [0.25, 0.3) is 0 Å². The van der Waals surface area contributed by atoms with E-state index in [0.29, 0.717) is 11.3 Å². The molecular weight excluding hydrogens is 326 g/mol. The minimum atomic E-state index is -0.127. The van der Waals surface area contributed by atoms with Crippen LogP contribution in [0.4, 0.5) is 17.1 Å². The first-order chi connectivity index (χ1) is 12.6. The number of benzene rings is 2. The number of rotatable bonds is 5. The van der Waals surface area contributed by atoms with E-state index in [1.54, 1.807) is 24.3 Å². The molecule has 3 rings (SSSR count). The van der Waals surface area contributed by atoms with Crippen LogP contribution >= 0.6 is 0 Å². The van der Waals surface area contributed by atoms with Crippen molar-refractivity contribution in [2.75, 3.05) is 55.3 Å². The predicted octanol–water partition coefficient (Wildman–Crippen LogP) is 2.36. The van der Waals surface area contributed by atoms with Gasteiger partial charge in [0.15, 0.2) is 0 Å². The van der Waals surface area contributed by atoms with Gasteiger partial charge in [-0.25, -0.2) is 0 Å². The van der Waals surface area contributed by atoms with Gasteiger partial charge in [0.05, 0.1) is 18.2 Å². The molecule has 0 atom stereocenters. The third-order valence-electron chi connectivity index (χ3n) is 4.49. The van der Waals surface area contributed by atoms with Gasteiger partial charge in [-0.1, -0.05) is 0 Å². The molecule has 1 heterocycles. The maximum atomic E-state index is 12.0. The summed E-state index contributed by atoms with van der Waals surface area (Å²) in [7, 11) is 2.15. The van der Waals surface area contributed by atoms with E-state index in [0.717, 1.165) is 31.9 Å². The van der Waals surface area contributed by atoms with Crippen molar-refractivity contribution in [1.82, 2.24) is 4.90 Å². The molecule has 2 N–H and O–H groups in total. The van der Waals surface area contributed by atoms with E-state index in [-0.39, 0.29) is 12.5 Å². The summed E-state index contributed by atoms with van der Waals surface area (Å²) in [6.45, 7) is 4.42. The predicted molar refractivity (Wildman–Crippen MR) is 104 cm³/mol. The highest BCUT2D eigenvalue weighted by molar-refractivity contribution is 5.93. The Kier molecular flexibility index (Phi) is 5.72. The first-order valence-corrected chi connectivity index (χ1v) is 8.71. The van der Waals surface area contributed by atoms with Gasteiger partial charge >= 0.3 is 0 Å². The summed E-state index contributed by atoms with van der Waals surface area (Å²) >= 11 is 0. The summed E-state index contributed by atoms with van der Waals surface area (Å²) in [5.41, 5.74) is 3.38. The van der Waals surface area contributed by atoms with Gasteiger partial charge in [0.1, 0.15) is 0 Å². The number of hydrogen-bond donors (Lipinski definition) is 2. The Morgan fingerprint density at radius 2 is 1.62 bits per heavy atom. The van der Waals surface area contributed by atoms with Gasteiger partial charge < -0.3 is 20.4 Å². The molecule has 2 aromatic carbocycles. The Balaban J connectivity index is 1.48. The van der Waals surface area contributed by atoms with Crippen LogP contribution in [0.2, 0.25) is 0 Å². The zero-order chi connectivity index (χ0) is 18.4. The minimum absolute atomic E-state index is 0.127. The number of piperazine rings is 1. The molecule has 1 aliphatic rings. The first kappa shape index (κ1) is 17.8. The number of carbonyl (C=O) groups excluding carboxylic acids is 1.